The minimum absolute atomic E-state index is 0.0248. The van der Waals surface area contributed by atoms with Crippen LogP contribution in [0.4, 0.5) is 0 Å². The van der Waals surface area contributed by atoms with Crippen LogP contribution in [-0.4, -0.2) is 38.7 Å². The summed E-state index contributed by atoms with van der Waals surface area (Å²) in [4.78, 5) is 27.6. The van der Waals surface area contributed by atoms with Gasteiger partial charge in [0, 0.05) is 4.88 Å². The predicted octanol–water partition coefficient (Wildman–Crippen LogP) is 2.49. The van der Waals surface area contributed by atoms with Crippen molar-refractivity contribution in [2.24, 2.45) is 5.92 Å². The first-order valence-electron chi connectivity index (χ1n) is 10.9. The SMILES string of the molecule is CC(C)C[C@@H](NS(=O)(=O)c1ccccc1)C(=O)NC(C(=O)[C@@H]1CCCN1)c1ccc(C#N)s1. The van der Waals surface area contributed by atoms with E-state index >= 15 is 0 Å². The van der Waals surface area contributed by atoms with Crippen molar-refractivity contribution in [3.05, 3.63) is 52.2 Å². The minimum Gasteiger partial charge on any atom is -0.340 e. The molecule has 33 heavy (non-hydrogen) atoms. The quantitative estimate of drug-likeness (QED) is 0.471. The summed E-state index contributed by atoms with van der Waals surface area (Å²) in [5.74, 6) is -0.746. The van der Waals surface area contributed by atoms with Gasteiger partial charge in [0.1, 0.15) is 23.0 Å². The summed E-state index contributed by atoms with van der Waals surface area (Å²) in [7, 11) is -3.93. The summed E-state index contributed by atoms with van der Waals surface area (Å²) in [6, 6.07) is 10.7. The van der Waals surface area contributed by atoms with Gasteiger partial charge >= 0.3 is 0 Å². The molecule has 2 aromatic rings. The lowest BCUT2D eigenvalue weighted by molar-refractivity contribution is -0.129. The van der Waals surface area contributed by atoms with Gasteiger partial charge in [-0.05, 0) is 56.0 Å². The van der Waals surface area contributed by atoms with E-state index in [0.29, 0.717) is 16.2 Å². The van der Waals surface area contributed by atoms with Gasteiger partial charge < -0.3 is 10.6 Å². The van der Waals surface area contributed by atoms with Crippen molar-refractivity contribution < 1.29 is 18.0 Å². The van der Waals surface area contributed by atoms with E-state index < -0.39 is 34.1 Å². The van der Waals surface area contributed by atoms with Crippen molar-refractivity contribution in [2.75, 3.05) is 6.54 Å². The molecular weight excluding hydrogens is 460 g/mol. The van der Waals surface area contributed by atoms with Gasteiger partial charge in [-0.2, -0.15) is 9.98 Å². The highest BCUT2D eigenvalue weighted by Crippen LogP contribution is 2.27. The Morgan fingerprint density at radius 1 is 1.21 bits per heavy atom. The van der Waals surface area contributed by atoms with E-state index in [1.54, 1.807) is 30.3 Å². The molecule has 1 aliphatic rings. The Balaban J connectivity index is 1.86. The summed E-state index contributed by atoms with van der Waals surface area (Å²) in [6.07, 6.45) is 1.78. The molecule has 2 heterocycles. The van der Waals surface area contributed by atoms with Gasteiger partial charge in [0.05, 0.1) is 10.9 Å². The van der Waals surface area contributed by atoms with Crippen LogP contribution in [0.3, 0.4) is 0 Å². The molecule has 1 fully saturated rings. The molecule has 3 rings (SSSR count). The molecule has 0 radical (unpaired) electrons. The number of Topliss-reactive ketones (excluding diaryl/α,β-unsaturated/α-hetero) is 1. The predicted molar refractivity (Wildman–Crippen MR) is 126 cm³/mol. The zero-order chi connectivity index (χ0) is 24.0. The maximum atomic E-state index is 13.3. The topological polar surface area (TPSA) is 128 Å². The number of hydrogen-bond acceptors (Lipinski definition) is 7. The van der Waals surface area contributed by atoms with Gasteiger partial charge in [0.25, 0.3) is 0 Å². The molecule has 0 aliphatic carbocycles. The second-order valence-corrected chi connectivity index (χ2v) is 11.3. The number of amides is 1. The van der Waals surface area contributed by atoms with E-state index in [0.717, 1.165) is 24.3 Å². The fourth-order valence-corrected chi connectivity index (χ4v) is 5.85. The molecule has 176 valence electrons. The Morgan fingerprint density at radius 2 is 1.94 bits per heavy atom. The molecule has 1 unspecified atom stereocenters. The highest BCUT2D eigenvalue weighted by molar-refractivity contribution is 7.89. The first-order valence-corrected chi connectivity index (χ1v) is 13.2. The number of nitrogens with zero attached hydrogens (tertiary/aromatic N) is 1. The monoisotopic (exact) mass is 488 g/mol. The van der Waals surface area contributed by atoms with E-state index in [2.05, 4.69) is 15.4 Å². The van der Waals surface area contributed by atoms with Crippen LogP contribution in [0, 0.1) is 17.2 Å². The van der Waals surface area contributed by atoms with Crippen molar-refractivity contribution >= 4 is 33.1 Å². The average Bonchev–Trinajstić information content (AvgIpc) is 3.49. The highest BCUT2D eigenvalue weighted by atomic mass is 32.2. The largest absolute Gasteiger partial charge is 0.340 e. The van der Waals surface area contributed by atoms with Crippen LogP contribution < -0.4 is 15.4 Å². The van der Waals surface area contributed by atoms with Gasteiger partial charge in [-0.1, -0.05) is 32.0 Å². The normalized spacial score (nSPS) is 17.9. The average molecular weight is 489 g/mol. The lowest BCUT2D eigenvalue weighted by Gasteiger charge is -2.25. The lowest BCUT2D eigenvalue weighted by Crippen LogP contribution is -2.50. The third kappa shape index (κ3) is 6.48. The summed E-state index contributed by atoms with van der Waals surface area (Å²) in [6.45, 7) is 4.50. The molecule has 1 aromatic carbocycles. The van der Waals surface area contributed by atoms with E-state index in [9.17, 15) is 23.3 Å². The summed E-state index contributed by atoms with van der Waals surface area (Å²) in [5, 5.41) is 15.1. The highest BCUT2D eigenvalue weighted by Gasteiger charge is 2.35. The molecule has 1 saturated heterocycles. The molecule has 1 aliphatic heterocycles. The van der Waals surface area contributed by atoms with Crippen LogP contribution in [0.2, 0.25) is 0 Å². The molecule has 1 aromatic heterocycles. The number of benzene rings is 1. The Kier molecular flexibility index (Phi) is 8.37. The van der Waals surface area contributed by atoms with Gasteiger partial charge in [0.15, 0.2) is 5.78 Å². The third-order valence-electron chi connectivity index (χ3n) is 5.37. The number of nitrogens with one attached hydrogen (secondary N) is 3. The zero-order valence-electron chi connectivity index (χ0n) is 18.6. The molecule has 1 amide bonds. The van der Waals surface area contributed by atoms with Gasteiger partial charge in [-0.15, -0.1) is 11.3 Å². The smallest absolute Gasteiger partial charge is 0.241 e. The molecule has 10 heteroatoms. The van der Waals surface area contributed by atoms with Crippen molar-refractivity contribution in [2.45, 2.75) is 56.1 Å². The first-order chi connectivity index (χ1) is 15.7. The number of ketones is 1. The van der Waals surface area contributed by atoms with Crippen molar-refractivity contribution in [1.29, 1.82) is 5.26 Å². The first kappa shape index (κ1) is 25.1. The van der Waals surface area contributed by atoms with E-state index in [-0.39, 0.29) is 23.0 Å². The number of carbonyl (C=O) groups excluding carboxylic acids is 2. The van der Waals surface area contributed by atoms with Crippen LogP contribution >= 0.6 is 11.3 Å². The Hall–Kier alpha value is -2.58. The van der Waals surface area contributed by atoms with Crippen molar-refractivity contribution in [3.63, 3.8) is 0 Å². The van der Waals surface area contributed by atoms with E-state index in [1.165, 1.54) is 12.1 Å². The lowest BCUT2D eigenvalue weighted by atomic mass is 10.00. The second-order valence-electron chi connectivity index (χ2n) is 8.42. The molecule has 0 saturated carbocycles. The number of hydrogen-bond donors (Lipinski definition) is 3. The van der Waals surface area contributed by atoms with Crippen LogP contribution in [0.15, 0.2) is 47.4 Å². The Bertz CT molecular complexity index is 1120. The number of rotatable bonds is 10. The number of nitriles is 1. The van der Waals surface area contributed by atoms with Crippen LogP contribution in [0.1, 0.15) is 48.9 Å². The van der Waals surface area contributed by atoms with Gasteiger partial charge in [0.2, 0.25) is 15.9 Å². The number of sulfonamides is 1. The summed E-state index contributed by atoms with van der Waals surface area (Å²) >= 11 is 1.14. The molecule has 3 atom stereocenters. The summed E-state index contributed by atoms with van der Waals surface area (Å²) < 4.78 is 28.2. The molecule has 3 N–H and O–H groups in total. The third-order valence-corrected chi connectivity index (χ3v) is 7.91. The van der Waals surface area contributed by atoms with Crippen LogP contribution in [0.25, 0.3) is 0 Å². The van der Waals surface area contributed by atoms with E-state index in [4.69, 9.17) is 0 Å². The fourth-order valence-electron chi connectivity index (χ4n) is 3.76. The van der Waals surface area contributed by atoms with Crippen molar-refractivity contribution in [1.82, 2.24) is 15.4 Å². The molecule has 0 spiro atoms. The van der Waals surface area contributed by atoms with Crippen molar-refractivity contribution in [3.8, 4) is 6.07 Å². The number of thiophene rings is 1. The molecular formula is C23H28N4O4S2. The second kappa shape index (κ2) is 11.0. The zero-order valence-corrected chi connectivity index (χ0v) is 20.2. The maximum absolute atomic E-state index is 13.3. The maximum Gasteiger partial charge on any atom is 0.241 e. The standard InChI is InChI=1S/C23H28N4O4S2/c1-15(2)13-19(27-33(30,31)17-7-4-3-5-8-17)23(29)26-21(20-11-10-16(14-24)32-20)22(28)18-9-6-12-25-18/h3-5,7-8,10-11,15,18-19,21,25,27H,6,9,12-13H2,1-2H3,(H,26,29)/t18-,19+,21?/m0/s1. The Labute approximate surface area is 198 Å². The Morgan fingerprint density at radius 3 is 2.52 bits per heavy atom. The van der Waals surface area contributed by atoms with Gasteiger partial charge in [-0.3, -0.25) is 9.59 Å². The van der Waals surface area contributed by atoms with Gasteiger partial charge in [-0.25, -0.2) is 8.42 Å². The number of carbonyl (C=O) groups is 2. The fraction of sp³-hybridized carbons (Fsp3) is 0.435. The van der Waals surface area contributed by atoms with Crippen LogP contribution in [-0.2, 0) is 19.6 Å². The van der Waals surface area contributed by atoms with E-state index in [1.807, 2.05) is 19.9 Å². The molecule has 8 nitrogen and oxygen atoms in total. The summed E-state index contributed by atoms with van der Waals surface area (Å²) in [5.41, 5.74) is 0. The molecule has 0 bridgehead atoms. The van der Waals surface area contributed by atoms with Crippen LogP contribution in [0.5, 0.6) is 0 Å². The minimum atomic E-state index is -3.93.